The zero-order valence-electron chi connectivity index (χ0n) is 13.9. The SMILES string of the molecule is CCc1nnc(C)cc1C(NC)c1cc(C)c(C)cc1C. The first-order valence-electron chi connectivity index (χ1n) is 7.56. The van der Waals surface area contributed by atoms with Gasteiger partial charge in [0.15, 0.2) is 0 Å². The van der Waals surface area contributed by atoms with E-state index in [2.05, 4.69) is 61.4 Å². The van der Waals surface area contributed by atoms with Crippen molar-refractivity contribution < 1.29 is 0 Å². The highest BCUT2D eigenvalue weighted by Gasteiger charge is 2.19. The molecule has 1 aromatic carbocycles. The van der Waals surface area contributed by atoms with Crippen LogP contribution in [0.5, 0.6) is 0 Å². The van der Waals surface area contributed by atoms with Crippen LogP contribution in [0.4, 0.5) is 0 Å². The molecule has 0 aliphatic heterocycles. The lowest BCUT2D eigenvalue weighted by molar-refractivity contribution is 0.664. The summed E-state index contributed by atoms with van der Waals surface area (Å²) >= 11 is 0. The fourth-order valence-corrected chi connectivity index (χ4v) is 2.83. The van der Waals surface area contributed by atoms with Crippen molar-refractivity contribution in [2.75, 3.05) is 7.05 Å². The third kappa shape index (κ3) is 3.13. The van der Waals surface area contributed by atoms with Crippen LogP contribution in [0.2, 0.25) is 0 Å². The Morgan fingerprint density at radius 3 is 2.19 bits per heavy atom. The molecule has 112 valence electrons. The number of hydrogen-bond acceptors (Lipinski definition) is 3. The number of nitrogens with zero attached hydrogens (tertiary/aromatic N) is 2. The van der Waals surface area contributed by atoms with Crippen LogP contribution in [0, 0.1) is 27.7 Å². The van der Waals surface area contributed by atoms with Crippen molar-refractivity contribution in [3.63, 3.8) is 0 Å². The Labute approximate surface area is 127 Å². The molecule has 0 spiro atoms. The standard InChI is InChI=1S/C18H25N3/c1-7-17-16(10-14(5)20-21-17)18(19-6)15-9-12(3)11(2)8-13(15)4/h8-10,18-19H,7H2,1-6H3. The molecule has 1 atom stereocenters. The highest BCUT2D eigenvalue weighted by atomic mass is 15.1. The summed E-state index contributed by atoms with van der Waals surface area (Å²) in [5.41, 5.74) is 8.57. The molecule has 1 heterocycles. The topological polar surface area (TPSA) is 37.8 Å². The molecule has 21 heavy (non-hydrogen) atoms. The van der Waals surface area contributed by atoms with E-state index in [1.54, 1.807) is 0 Å². The molecule has 1 unspecified atom stereocenters. The van der Waals surface area contributed by atoms with Crippen LogP contribution in [0.3, 0.4) is 0 Å². The number of hydrogen-bond donors (Lipinski definition) is 1. The van der Waals surface area contributed by atoms with Gasteiger partial charge >= 0.3 is 0 Å². The van der Waals surface area contributed by atoms with Gasteiger partial charge in [0, 0.05) is 0 Å². The fraction of sp³-hybridized carbons (Fsp3) is 0.444. The van der Waals surface area contributed by atoms with Gasteiger partial charge in [0.2, 0.25) is 0 Å². The Hall–Kier alpha value is -1.74. The van der Waals surface area contributed by atoms with E-state index in [-0.39, 0.29) is 6.04 Å². The number of rotatable bonds is 4. The number of benzene rings is 1. The van der Waals surface area contributed by atoms with Crippen LogP contribution in [0.1, 0.15) is 52.2 Å². The van der Waals surface area contributed by atoms with Crippen molar-refractivity contribution >= 4 is 0 Å². The molecule has 1 N–H and O–H groups in total. The van der Waals surface area contributed by atoms with Gasteiger partial charge in [-0.25, -0.2) is 0 Å². The summed E-state index contributed by atoms with van der Waals surface area (Å²) in [6, 6.07) is 6.87. The Bertz CT molecular complexity index is 647. The molecular formula is C18H25N3. The maximum absolute atomic E-state index is 4.37. The van der Waals surface area contributed by atoms with Gasteiger partial charge in [0.1, 0.15) is 0 Å². The van der Waals surface area contributed by atoms with Crippen LogP contribution >= 0.6 is 0 Å². The van der Waals surface area contributed by atoms with Crippen LogP contribution in [-0.2, 0) is 6.42 Å². The van der Waals surface area contributed by atoms with E-state index in [1.807, 2.05) is 14.0 Å². The van der Waals surface area contributed by atoms with E-state index >= 15 is 0 Å². The molecule has 0 saturated heterocycles. The van der Waals surface area contributed by atoms with Crippen molar-refractivity contribution in [3.8, 4) is 0 Å². The lowest BCUT2D eigenvalue weighted by Gasteiger charge is -2.22. The van der Waals surface area contributed by atoms with E-state index in [4.69, 9.17) is 0 Å². The van der Waals surface area contributed by atoms with Gasteiger partial charge in [-0.2, -0.15) is 10.2 Å². The lowest BCUT2D eigenvalue weighted by atomic mass is 9.90. The third-order valence-corrected chi connectivity index (χ3v) is 4.15. The Morgan fingerprint density at radius 1 is 0.905 bits per heavy atom. The number of nitrogens with one attached hydrogen (secondary N) is 1. The summed E-state index contributed by atoms with van der Waals surface area (Å²) in [7, 11) is 2.01. The lowest BCUT2D eigenvalue weighted by Crippen LogP contribution is -2.21. The molecule has 0 radical (unpaired) electrons. The van der Waals surface area contributed by atoms with Gasteiger partial charge in [-0.1, -0.05) is 19.1 Å². The summed E-state index contributed by atoms with van der Waals surface area (Å²) in [6.07, 6.45) is 0.894. The van der Waals surface area contributed by atoms with Crippen molar-refractivity contribution in [3.05, 3.63) is 57.4 Å². The summed E-state index contributed by atoms with van der Waals surface area (Å²) in [5, 5.41) is 12.0. The molecule has 0 saturated carbocycles. The minimum atomic E-state index is 0.161. The van der Waals surface area contributed by atoms with E-state index in [0.717, 1.165) is 17.8 Å². The summed E-state index contributed by atoms with van der Waals surface area (Å²) in [4.78, 5) is 0. The first kappa shape index (κ1) is 15.6. The van der Waals surface area contributed by atoms with Gasteiger partial charge in [0.05, 0.1) is 17.4 Å². The second kappa shape index (κ2) is 6.35. The summed E-state index contributed by atoms with van der Waals surface area (Å²) < 4.78 is 0. The molecule has 0 bridgehead atoms. The molecule has 2 aromatic rings. The van der Waals surface area contributed by atoms with Gasteiger partial charge in [0.25, 0.3) is 0 Å². The van der Waals surface area contributed by atoms with Gasteiger partial charge < -0.3 is 5.32 Å². The normalized spacial score (nSPS) is 12.5. The smallest absolute Gasteiger partial charge is 0.0679 e. The Morgan fingerprint density at radius 2 is 1.57 bits per heavy atom. The molecule has 3 nitrogen and oxygen atoms in total. The average Bonchev–Trinajstić information content (AvgIpc) is 2.45. The van der Waals surface area contributed by atoms with E-state index in [1.165, 1.54) is 27.8 Å². The van der Waals surface area contributed by atoms with Gasteiger partial charge in [-0.3, -0.25) is 0 Å². The first-order valence-corrected chi connectivity index (χ1v) is 7.56. The number of aryl methyl sites for hydroxylation is 5. The Balaban J connectivity index is 2.59. The van der Waals surface area contributed by atoms with Crippen LogP contribution in [0.15, 0.2) is 18.2 Å². The highest BCUT2D eigenvalue weighted by Crippen LogP contribution is 2.29. The quantitative estimate of drug-likeness (QED) is 0.932. The van der Waals surface area contributed by atoms with Gasteiger partial charge in [-0.05, 0) is 75.0 Å². The van der Waals surface area contributed by atoms with Crippen molar-refractivity contribution in [2.45, 2.75) is 47.1 Å². The van der Waals surface area contributed by atoms with E-state index in [9.17, 15) is 0 Å². The van der Waals surface area contributed by atoms with Crippen molar-refractivity contribution in [1.82, 2.24) is 15.5 Å². The third-order valence-electron chi connectivity index (χ3n) is 4.15. The fourth-order valence-electron chi connectivity index (χ4n) is 2.83. The summed E-state index contributed by atoms with van der Waals surface area (Å²) in [5.74, 6) is 0. The molecule has 2 rings (SSSR count). The Kier molecular flexibility index (Phi) is 4.73. The van der Waals surface area contributed by atoms with Crippen LogP contribution in [-0.4, -0.2) is 17.2 Å². The summed E-state index contributed by atoms with van der Waals surface area (Å²) in [6.45, 7) is 10.6. The van der Waals surface area contributed by atoms with Crippen molar-refractivity contribution in [2.24, 2.45) is 0 Å². The second-order valence-electron chi connectivity index (χ2n) is 5.76. The predicted octanol–water partition coefficient (Wildman–Crippen LogP) is 3.58. The minimum absolute atomic E-state index is 0.161. The molecule has 0 aliphatic rings. The second-order valence-corrected chi connectivity index (χ2v) is 5.76. The van der Waals surface area contributed by atoms with E-state index in [0.29, 0.717) is 0 Å². The molecule has 0 aliphatic carbocycles. The maximum Gasteiger partial charge on any atom is 0.0679 e. The zero-order valence-corrected chi connectivity index (χ0v) is 13.9. The molecule has 0 fully saturated rings. The zero-order chi connectivity index (χ0) is 15.6. The first-order chi connectivity index (χ1) is 9.97. The minimum Gasteiger partial charge on any atom is -0.309 e. The van der Waals surface area contributed by atoms with Crippen LogP contribution in [0.25, 0.3) is 0 Å². The monoisotopic (exact) mass is 283 g/mol. The molecule has 1 aromatic heterocycles. The maximum atomic E-state index is 4.37. The van der Waals surface area contributed by atoms with Crippen molar-refractivity contribution in [1.29, 1.82) is 0 Å². The molecule has 0 amide bonds. The highest BCUT2D eigenvalue weighted by molar-refractivity contribution is 5.43. The predicted molar refractivity (Wildman–Crippen MR) is 87.7 cm³/mol. The molecule has 3 heteroatoms. The van der Waals surface area contributed by atoms with Crippen LogP contribution < -0.4 is 5.32 Å². The number of aromatic nitrogens is 2. The average molecular weight is 283 g/mol. The van der Waals surface area contributed by atoms with E-state index < -0.39 is 0 Å². The molecular weight excluding hydrogens is 258 g/mol. The van der Waals surface area contributed by atoms with Gasteiger partial charge in [-0.15, -0.1) is 0 Å². The largest absolute Gasteiger partial charge is 0.309 e.